The summed E-state index contributed by atoms with van der Waals surface area (Å²) in [6.07, 6.45) is 0. The minimum atomic E-state index is -0.823. The third-order valence-electron chi connectivity index (χ3n) is 3.41. The van der Waals surface area contributed by atoms with Crippen molar-refractivity contribution in [2.75, 3.05) is 13.1 Å². The molecule has 2 rings (SSSR count). The molecule has 1 amide bonds. The van der Waals surface area contributed by atoms with Crippen molar-refractivity contribution in [2.45, 2.75) is 20.8 Å². The summed E-state index contributed by atoms with van der Waals surface area (Å²) in [4.78, 5) is 24.6. The van der Waals surface area contributed by atoms with Crippen molar-refractivity contribution in [1.29, 1.82) is 0 Å². The van der Waals surface area contributed by atoms with Crippen LogP contribution in [0.3, 0.4) is 0 Å². The number of hydrogen-bond acceptors (Lipinski definition) is 2. The Morgan fingerprint density at radius 1 is 1.17 bits per heavy atom. The molecule has 0 aliphatic carbocycles. The predicted octanol–water partition coefficient (Wildman–Crippen LogP) is 1.77. The van der Waals surface area contributed by atoms with E-state index < -0.39 is 11.9 Å². The van der Waals surface area contributed by atoms with Gasteiger partial charge in [0.25, 0.3) is 5.91 Å². The molecule has 1 heterocycles. The fourth-order valence-electron chi connectivity index (χ4n) is 2.48. The second-order valence-electron chi connectivity index (χ2n) is 5.02. The summed E-state index contributed by atoms with van der Waals surface area (Å²) in [7, 11) is 0. The molecule has 1 aromatic rings. The molecule has 0 spiro atoms. The monoisotopic (exact) mass is 247 g/mol. The Morgan fingerprint density at radius 2 is 1.67 bits per heavy atom. The Kier molecular flexibility index (Phi) is 3.11. The molecule has 1 aromatic carbocycles. The smallest absolute Gasteiger partial charge is 0.310 e. The zero-order chi connectivity index (χ0) is 13.4. The number of carboxylic acid groups (broad SMARTS) is 1. The Bertz CT molecular complexity index is 493. The van der Waals surface area contributed by atoms with Crippen molar-refractivity contribution in [3.63, 3.8) is 0 Å². The highest BCUT2D eigenvalue weighted by Gasteiger charge is 2.36. The fraction of sp³-hybridized carbons (Fsp3) is 0.429. The SMILES string of the molecule is Cc1cc(C)c(C(=O)N2CC(C(=O)O)C2)c(C)c1. The van der Waals surface area contributed by atoms with Gasteiger partial charge in [0.1, 0.15) is 0 Å². The summed E-state index contributed by atoms with van der Waals surface area (Å²) in [5.74, 6) is -1.28. The maximum absolute atomic E-state index is 12.3. The number of aryl methyl sites for hydroxylation is 3. The van der Waals surface area contributed by atoms with E-state index >= 15 is 0 Å². The second-order valence-corrected chi connectivity index (χ2v) is 5.02. The van der Waals surface area contributed by atoms with Crippen LogP contribution in [0.2, 0.25) is 0 Å². The highest BCUT2D eigenvalue weighted by molar-refractivity contribution is 5.98. The van der Waals surface area contributed by atoms with E-state index in [2.05, 4.69) is 0 Å². The zero-order valence-electron chi connectivity index (χ0n) is 10.9. The van der Waals surface area contributed by atoms with E-state index in [0.717, 1.165) is 16.7 Å². The summed E-state index contributed by atoms with van der Waals surface area (Å²) in [6.45, 7) is 6.48. The topological polar surface area (TPSA) is 57.6 Å². The molecule has 4 nitrogen and oxygen atoms in total. The quantitative estimate of drug-likeness (QED) is 0.866. The number of carbonyl (C=O) groups is 2. The highest BCUT2D eigenvalue weighted by Crippen LogP contribution is 2.23. The van der Waals surface area contributed by atoms with Crippen LogP contribution in [-0.4, -0.2) is 35.0 Å². The maximum Gasteiger partial charge on any atom is 0.310 e. The number of rotatable bonds is 2. The Hall–Kier alpha value is -1.84. The molecule has 96 valence electrons. The lowest BCUT2D eigenvalue weighted by Gasteiger charge is -2.37. The molecule has 1 aliphatic rings. The van der Waals surface area contributed by atoms with Gasteiger partial charge in [-0.05, 0) is 31.9 Å². The normalized spacial score (nSPS) is 15.4. The van der Waals surface area contributed by atoms with Gasteiger partial charge in [0.05, 0.1) is 5.92 Å². The van der Waals surface area contributed by atoms with Gasteiger partial charge in [-0.3, -0.25) is 9.59 Å². The highest BCUT2D eigenvalue weighted by atomic mass is 16.4. The molecule has 18 heavy (non-hydrogen) atoms. The van der Waals surface area contributed by atoms with Gasteiger partial charge in [-0.15, -0.1) is 0 Å². The number of carbonyl (C=O) groups excluding carboxylic acids is 1. The number of benzene rings is 1. The largest absolute Gasteiger partial charge is 0.481 e. The molecule has 1 aliphatic heterocycles. The van der Waals surface area contributed by atoms with Crippen LogP contribution in [0.4, 0.5) is 0 Å². The van der Waals surface area contributed by atoms with Crippen molar-refractivity contribution >= 4 is 11.9 Å². The van der Waals surface area contributed by atoms with E-state index in [1.807, 2.05) is 32.9 Å². The zero-order valence-corrected chi connectivity index (χ0v) is 10.9. The van der Waals surface area contributed by atoms with Gasteiger partial charge in [-0.1, -0.05) is 17.7 Å². The van der Waals surface area contributed by atoms with E-state index in [1.165, 1.54) is 0 Å². The second kappa shape index (κ2) is 4.44. The van der Waals surface area contributed by atoms with Gasteiger partial charge < -0.3 is 10.0 Å². The Balaban J connectivity index is 2.19. The molecule has 1 fully saturated rings. The van der Waals surface area contributed by atoms with Gasteiger partial charge in [0.2, 0.25) is 0 Å². The molecular weight excluding hydrogens is 230 g/mol. The Morgan fingerprint density at radius 3 is 2.11 bits per heavy atom. The first-order valence-corrected chi connectivity index (χ1v) is 6.00. The van der Waals surface area contributed by atoms with Gasteiger partial charge in [-0.2, -0.15) is 0 Å². The van der Waals surface area contributed by atoms with Crippen LogP contribution in [0, 0.1) is 26.7 Å². The third-order valence-corrected chi connectivity index (χ3v) is 3.41. The lowest BCUT2D eigenvalue weighted by atomic mass is 9.94. The minimum absolute atomic E-state index is 0.0532. The maximum atomic E-state index is 12.3. The molecule has 0 unspecified atom stereocenters. The van der Waals surface area contributed by atoms with Crippen LogP contribution in [0.1, 0.15) is 27.0 Å². The average Bonchev–Trinajstić information content (AvgIpc) is 2.11. The van der Waals surface area contributed by atoms with Crippen molar-refractivity contribution in [3.05, 3.63) is 34.4 Å². The molecule has 1 N–H and O–H groups in total. The number of likely N-dealkylation sites (tertiary alicyclic amines) is 1. The number of amides is 1. The van der Waals surface area contributed by atoms with E-state index in [9.17, 15) is 9.59 Å². The number of hydrogen-bond donors (Lipinski definition) is 1. The number of aliphatic carboxylic acids is 1. The van der Waals surface area contributed by atoms with E-state index in [1.54, 1.807) is 4.90 Å². The van der Waals surface area contributed by atoms with Crippen LogP contribution in [-0.2, 0) is 4.79 Å². The number of carboxylic acids is 1. The lowest BCUT2D eigenvalue weighted by Crippen LogP contribution is -2.53. The molecule has 4 heteroatoms. The lowest BCUT2D eigenvalue weighted by molar-refractivity contribution is -0.146. The average molecular weight is 247 g/mol. The van der Waals surface area contributed by atoms with Crippen LogP contribution >= 0.6 is 0 Å². The summed E-state index contributed by atoms with van der Waals surface area (Å²) in [5.41, 5.74) is 3.76. The fourth-order valence-corrected chi connectivity index (χ4v) is 2.48. The number of nitrogens with zero attached hydrogens (tertiary/aromatic N) is 1. The van der Waals surface area contributed by atoms with Crippen molar-refractivity contribution in [3.8, 4) is 0 Å². The van der Waals surface area contributed by atoms with Crippen LogP contribution in [0.15, 0.2) is 12.1 Å². The van der Waals surface area contributed by atoms with Gasteiger partial charge in [0, 0.05) is 18.7 Å². The van der Waals surface area contributed by atoms with E-state index in [0.29, 0.717) is 18.7 Å². The van der Waals surface area contributed by atoms with Crippen molar-refractivity contribution in [2.24, 2.45) is 5.92 Å². The van der Waals surface area contributed by atoms with Gasteiger partial charge in [0.15, 0.2) is 0 Å². The molecule has 0 atom stereocenters. The van der Waals surface area contributed by atoms with Crippen LogP contribution < -0.4 is 0 Å². The van der Waals surface area contributed by atoms with E-state index in [-0.39, 0.29) is 5.91 Å². The van der Waals surface area contributed by atoms with Crippen LogP contribution in [0.25, 0.3) is 0 Å². The summed E-state index contributed by atoms with van der Waals surface area (Å²) in [6, 6.07) is 3.96. The molecule has 0 radical (unpaired) electrons. The van der Waals surface area contributed by atoms with Crippen molar-refractivity contribution < 1.29 is 14.7 Å². The first-order chi connectivity index (χ1) is 8.40. The molecule has 0 saturated carbocycles. The Labute approximate surface area is 106 Å². The first-order valence-electron chi connectivity index (χ1n) is 6.00. The molecule has 0 bridgehead atoms. The van der Waals surface area contributed by atoms with Crippen molar-refractivity contribution in [1.82, 2.24) is 4.90 Å². The molecule has 1 saturated heterocycles. The van der Waals surface area contributed by atoms with Gasteiger partial charge >= 0.3 is 5.97 Å². The minimum Gasteiger partial charge on any atom is -0.481 e. The standard InChI is InChI=1S/C14H17NO3/c1-8-4-9(2)12(10(3)5-8)13(16)15-6-11(7-15)14(17)18/h4-5,11H,6-7H2,1-3H3,(H,17,18). The predicted molar refractivity (Wildman–Crippen MR) is 67.7 cm³/mol. The summed E-state index contributed by atoms with van der Waals surface area (Å²) < 4.78 is 0. The molecule has 0 aromatic heterocycles. The van der Waals surface area contributed by atoms with Crippen LogP contribution in [0.5, 0.6) is 0 Å². The van der Waals surface area contributed by atoms with Gasteiger partial charge in [-0.25, -0.2) is 0 Å². The summed E-state index contributed by atoms with van der Waals surface area (Å²) in [5, 5.41) is 8.81. The van der Waals surface area contributed by atoms with E-state index in [4.69, 9.17) is 5.11 Å². The summed E-state index contributed by atoms with van der Waals surface area (Å²) >= 11 is 0. The third kappa shape index (κ3) is 2.10. The first kappa shape index (κ1) is 12.6. The molecular formula is C14H17NO3.